The van der Waals surface area contributed by atoms with E-state index in [0.29, 0.717) is 18.7 Å². The minimum absolute atomic E-state index is 0.346. The molecule has 0 spiro atoms. The predicted molar refractivity (Wildman–Crippen MR) is 116 cm³/mol. The number of hydrogen-bond donors (Lipinski definition) is 1. The Hall–Kier alpha value is -3.68. The van der Waals surface area contributed by atoms with Gasteiger partial charge in [-0.15, -0.1) is 0 Å². The number of fused-ring (bicyclic) bond motifs is 1. The average Bonchev–Trinajstić information content (AvgIpc) is 3.41. The van der Waals surface area contributed by atoms with E-state index in [1.807, 2.05) is 45.0 Å². The number of carbonyl (C=O) groups excluding carboxylic acids is 2. The van der Waals surface area contributed by atoms with Gasteiger partial charge >= 0.3 is 12.1 Å². The zero-order valence-corrected chi connectivity index (χ0v) is 17.9. The lowest BCUT2D eigenvalue weighted by molar-refractivity contribution is 0.0306. The molecule has 1 aliphatic heterocycles. The van der Waals surface area contributed by atoms with Crippen LogP contribution in [0, 0.1) is 0 Å². The van der Waals surface area contributed by atoms with Gasteiger partial charge in [0.05, 0.1) is 42.3 Å². The highest BCUT2D eigenvalue weighted by Crippen LogP contribution is 2.30. The van der Waals surface area contributed by atoms with Gasteiger partial charge in [0.15, 0.2) is 0 Å². The number of amides is 1. The molecular weight excluding hydrogens is 396 g/mol. The van der Waals surface area contributed by atoms with Gasteiger partial charge in [0.2, 0.25) is 0 Å². The van der Waals surface area contributed by atoms with Crippen molar-refractivity contribution >= 4 is 28.5 Å². The number of nitrogens with zero attached hydrogens (tertiary/aromatic N) is 3. The second-order valence-corrected chi connectivity index (χ2v) is 8.35. The van der Waals surface area contributed by atoms with Crippen LogP contribution in [0.4, 0.5) is 4.79 Å². The van der Waals surface area contributed by atoms with Gasteiger partial charge in [-0.1, -0.05) is 18.2 Å². The van der Waals surface area contributed by atoms with Crippen LogP contribution in [0.1, 0.15) is 36.8 Å². The number of hydrogen-bond acceptors (Lipinski definition) is 6. The van der Waals surface area contributed by atoms with Gasteiger partial charge in [-0.05, 0) is 44.5 Å². The molecule has 0 atom stereocenters. The maximum absolute atomic E-state index is 12.4. The highest BCUT2D eigenvalue weighted by molar-refractivity contribution is 5.95. The number of aromatic nitrogens is 3. The maximum atomic E-state index is 12.4. The summed E-state index contributed by atoms with van der Waals surface area (Å²) >= 11 is 0. The second kappa shape index (κ2) is 7.86. The first-order chi connectivity index (χ1) is 14.7. The summed E-state index contributed by atoms with van der Waals surface area (Å²) in [5.41, 5.74) is 4.00. The van der Waals surface area contributed by atoms with Gasteiger partial charge in [0, 0.05) is 17.5 Å². The molecule has 1 amide bonds. The zero-order valence-electron chi connectivity index (χ0n) is 17.9. The van der Waals surface area contributed by atoms with Crippen LogP contribution in [0.5, 0.6) is 0 Å². The highest BCUT2D eigenvalue weighted by Gasteiger charge is 2.26. The average molecular weight is 420 g/mol. The first kappa shape index (κ1) is 20.6. The van der Waals surface area contributed by atoms with Crippen molar-refractivity contribution in [2.75, 3.05) is 20.2 Å². The van der Waals surface area contributed by atoms with E-state index in [1.165, 1.54) is 7.11 Å². The molecule has 0 saturated heterocycles. The first-order valence-electron chi connectivity index (χ1n) is 9.95. The van der Waals surface area contributed by atoms with E-state index in [2.05, 4.69) is 10.2 Å². The Morgan fingerprint density at radius 2 is 1.90 bits per heavy atom. The topological polar surface area (TPSA) is 97.4 Å². The molecule has 2 aromatic heterocycles. The fourth-order valence-electron chi connectivity index (χ4n) is 3.41. The third-order valence-corrected chi connectivity index (χ3v) is 4.91. The summed E-state index contributed by atoms with van der Waals surface area (Å²) in [4.78, 5) is 30.6. The van der Waals surface area contributed by atoms with Crippen LogP contribution in [0.2, 0.25) is 0 Å². The normalized spacial score (nSPS) is 13.9. The summed E-state index contributed by atoms with van der Waals surface area (Å²) in [6.07, 6.45) is 3.39. The number of H-pyrrole nitrogens is 1. The van der Waals surface area contributed by atoms with Crippen molar-refractivity contribution in [2.45, 2.75) is 26.4 Å². The molecule has 0 radical (unpaired) electrons. The number of benzene rings is 1. The molecule has 0 saturated carbocycles. The Labute approximate surface area is 179 Å². The number of esters is 1. The Morgan fingerprint density at radius 1 is 1.16 bits per heavy atom. The Kier molecular flexibility index (Phi) is 5.22. The molecule has 4 rings (SSSR count). The van der Waals surface area contributed by atoms with Crippen molar-refractivity contribution < 1.29 is 19.1 Å². The molecular formula is C23H24N4O4. The van der Waals surface area contributed by atoms with Crippen LogP contribution in [-0.2, 0) is 9.47 Å². The molecule has 8 heteroatoms. The Morgan fingerprint density at radius 3 is 2.58 bits per heavy atom. The highest BCUT2D eigenvalue weighted by atomic mass is 16.6. The molecule has 1 N–H and O–H groups in total. The maximum Gasteiger partial charge on any atom is 0.410 e. The number of pyridine rings is 1. The molecule has 1 aromatic carbocycles. The molecule has 8 nitrogen and oxygen atoms in total. The first-order valence-corrected chi connectivity index (χ1v) is 9.95. The summed E-state index contributed by atoms with van der Waals surface area (Å²) in [6.45, 7) is 6.44. The van der Waals surface area contributed by atoms with E-state index in [1.54, 1.807) is 23.2 Å². The minimum Gasteiger partial charge on any atom is -0.465 e. The van der Waals surface area contributed by atoms with Crippen molar-refractivity contribution in [3.05, 3.63) is 53.9 Å². The van der Waals surface area contributed by atoms with Crippen molar-refractivity contribution in [1.82, 2.24) is 20.1 Å². The number of carbonyl (C=O) groups is 2. The minimum atomic E-state index is -0.544. The van der Waals surface area contributed by atoms with Crippen molar-refractivity contribution in [2.24, 2.45) is 0 Å². The summed E-state index contributed by atoms with van der Waals surface area (Å²) in [5, 5.41) is 8.06. The third-order valence-electron chi connectivity index (χ3n) is 4.91. The zero-order chi connectivity index (χ0) is 22.2. The van der Waals surface area contributed by atoms with Crippen LogP contribution >= 0.6 is 0 Å². The van der Waals surface area contributed by atoms with Crippen LogP contribution in [0.3, 0.4) is 0 Å². The van der Waals surface area contributed by atoms with Gasteiger partial charge < -0.3 is 14.4 Å². The van der Waals surface area contributed by atoms with Gasteiger partial charge in [-0.25, -0.2) is 14.6 Å². The lowest BCUT2D eigenvalue weighted by Crippen LogP contribution is -2.35. The standard InChI is InChI=1S/C23H24N4O4/c1-23(2,3)31-22(29)27-10-9-16(13-27)18-11-17-12-24-26-20(17)19(25-18)14-5-7-15(8-6-14)21(28)30-4/h5-9,11-12H,10,13H2,1-4H3,(H,24,26). The van der Waals surface area contributed by atoms with E-state index in [0.717, 1.165) is 33.4 Å². The van der Waals surface area contributed by atoms with E-state index < -0.39 is 11.6 Å². The molecule has 31 heavy (non-hydrogen) atoms. The number of nitrogens with one attached hydrogen (secondary N) is 1. The third kappa shape index (κ3) is 4.28. The summed E-state index contributed by atoms with van der Waals surface area (Å²) in [5.74, 6) is -0.390. The number of ether oxygens (including phenoxy) is 2. The van der Waals surface area contributed by atoms with Crippen LogP contribution in [0.15, 0.2) is 42.6 Å². The second-order valence-electron chi connectivity index (χ2n) is 8.35. The monoisotopic (exact) mass is 420 g/mol. The number of methoxy groups -OCH3 is 1. The summed E-state index contributed by atoms with van der Waals surface area (Å²) in [7, 11) is 1.35. The quantitative estimate of drug-likeness (QED) is 0.642. The molecule has 0 fully saturated rings. The van der Waals surface area contributed by atoms with Gasteiger partial charge in [-0.2, -0.15) is 5.10 Å². The molecule has 160 valence electrons. The summed E-state index contributed by atoms with van der Waals surface area (Å²) in [6, 6.07) is 9.02. The Bertz CT molecular complexity index is 1170. The van der Waals surface area contributed by atoms with E-state index in [-0.39, 0.29) is 6.09 Å². The molecule has 3 aromatic rings. The molecule has 1 aliphatic rings. The van der Waals surface area contributed by atoms with E-state index in [9.17, 15) is 9.59 Å². The van der Waals surface area contributed by atoms with Crippen LogP contribution in [-0.4, -0.2) is 57.9 Å². The van der Waals surface area contributed by atoms with Crippen molar-refractivity contribution in [3.8, 4) is 11.3 Å². The van der Waals surface area contributed by atoms with E-state index in [4.69, 9.17) is 14.5 Å². The SMILES string of the molecule is COC(=O)c1ccc(-c2nc(C3=CCN(C(=O)OC(C)(C)C)C3)cc3cn[nH]c23)cc1. The largest absolute Gasteiger partial charge is 0.465 e. The van der Waals surface area contributed by atoms with E-state index >= 15 is 0 Å². The fraction of sp³-hybridized carbons (Fsp3) is 0.304. The predicted octanol–water partition coefficient (Wildman–Crippen LogP) is 4.05. The van der Waals surface area contributed by atoms with Crippen molar-refractivity contribution in [3.63, 3.8) is 0 Å². The molecule has 0 aliphatic carbocycles. The lowest BCUT2D eigenvalue weighted by atomic mass is 10.0. The number of rotatable bonds is 3. The Balaban J connectivity index is 1.64. The molecule has 0 bridgehead atoms. The fourth-order valence-corrected chi connectivity index (χ4v) is 3.41. The van der Waals surface area contributed by atoms with Crippen molar-refractivity contribution in [1.29, 1.82) is 0 Å². The van der Waals surface area contributed by atoms with Crippen LogP contribution < -0.4 is 0 Å². The summed E-state index contributed by atoms with van der Waals surface area (Å²) < 4.78 is 10.2. The van der Waals surface area contributed by atoms with Gasteiger partial charge in [0.1, 0.15) is 5.60 Å². The number of aromatic amines is 1. The smallest absolute Gasteiger partial charge is 0.410 e. The van der Waals surface area contributed by atoms with Crippen LogP contribution in [0.25, 0.3) is 27.7 Å². The van der Waals surface area contributed by atoms with Gasteiger partial charge in [0.25, 0.3) is 0 Å². The lowest BCUT2D eigenvalue weighted by Gasteiger charge is -2.24. The molecule has 3 heterocycles. The van der Waals surface area contributed by atoms with Gasteiger partial charge in [-0.3, -0.25) is 5.10 Å². The molecule has 0 unspecified atom stereocenters.